The predicted molar refractivity (Wildman–Crippen MR) is 85.1 cm³/mol. The number of hydrazine groups is 1. The molecule has 0 saturated heterocycles. The van der Waals surface area contributed by atoms with E-state index in [9.17, 15) is 14.4 Å². The van der Waals surface area contributed by atoms with Crippen LogP contribution < -0.4 is 16.2 Å². The zero-order valence-corrected chi connectivity index (χ0v) is 13.5. The Labute approximate surface area is 137 Å². The zero-order valence-electron chi connectivity index (χ0n) is 11.9. The van der Waals surface area contributed by atoms with Gasteiger partial charge in [-0.15, -0.1) is 0 Å². The second kappa shape index (κ2) is 8.41. The normalized spacial score (nSPS) is 10.6. The number of nitrogens with one attached hydrogen (secondary N) is 3. The van der Waals surface area contributed by atoms with Gasteiger partial charge in [0.05, 0.1) is 10.0 Å². The van der Waals surface area contributed by atoms with Crippen molar-refractivity contribution in [3.05, 3.63) is 39.9 Å². The molecule has 1 aromatic rings. The topological polar surface area (TPSA) is 87.3 Å². The summed E-state index contributed by atoms with van der Waals surface area (Å²) < 4.78 is 0. The van der Waals surface area contributed by atoms with E-state index in [1.807, 2.05) is 5.43 Å². The Morgan fingerprint density at radius 2 is 1.73 bits per heavy atom. The average molecular weight is 344 g/mol. The molecule has 0 fully saturated rings. The van der Waals surface area contributed by atoms with Crippen LogP contribution in [0.25, 0.3) is 6.08 Å². The molecule has 0 saturated carbocycles. The standard InChI is InChI=1S/C14H15Cl2N3O3/c1-8(2)17-13(21)14(22)19-18-12(20)6-4-9-3-5-10(15)11(16)7-9/h3-8H,1-2H3,(H,17,21)(H,18,20)(H,19,22)/b6-4+. The SMILES string of the molecule is CC(C)NC(=O)C(=O)NNC(=O)/C=C/c1ccc(Cl)c(Cl)c1. The second-order valence-electron chi connectivity index (χ2n) is 4.58. The first-order valence-electron chi connectivity index (χ1n) is 6.33. The van der Waals surface area contributed by atoms with Gasteiger partial charge in [0.15, 0.2) is 0 Å². The lowest BCUT2D eigenvalue weighted by Crippen LogP contribution is -2.49. The van der Waals surface area contributed by atoms with Gasteiger partial charge in [-0.05, 0) is 37.6 Å². The Morgan fingerprint density at radius 1 is 1.05 bits per heavy atom. The lowest BCUT2D eigenvalue weighted by Gasteiger charge is -2.08. The highest BCUT2D eigenvalue weighted by Gasteiger charge is 2.14. The average Bonchev–Trinajstić information content (AvgIpc) is 2.45. The highest BCUT2D eigenvalue weighted by molar-refractivity contribution is 6.42. The van der Waals surface area contributed by atoms with Gasteiger partial charge >= 0.3 is 11.8 Å². The molecule has 0 radical (unpaired) electrons. The van der Waals surface area contributed by atoms with Gasteiger partial charge in [0.2, 0.25) is 0 Å². The third kappa shape index (κ3) is 6.15. The minimum atomic E-state index is -0.954. The molecule has 0 unspecified atom stereocenters. The molecule has 1 aromatic carbocycles. The number of carbonyl (C=O) groups is 3. The summed E-state index contributed by atoms with van der Waals surface area (Å²) in [6.07, 6.45) is 2.66. The van der Waals surface area contributed by atoms with E-state index in [0.717, 1.165) is 0 Å². The molecule has 6 nitrogen and oxygen atoms in total. The van der Waals surface area contributed by atoms with E-state index in [-0.39, 0.29) is 6.04 Å². The monoisotopic (exact) mass is 343 g/mol. The van der Waals surface area contributed by atoms with E-state index in [0.29, 0.717) is 15.6 Å². The van der Waals surface area contributed by atoms with Crippen molar-refractivity contribution < 1.29 is 14.4 Å². The molecule has 0 bridgehead atoms. The van der Waals surface area contributed by atoms with E-state index < -0.39 is 17.7 Å². The van der Waals surface area contributed by atoms with Crippen LogP contribution in [0.2, 0.25) is 10.0 Å². The lowest BCUT2D eigenvalue weighted by molar-refractivity contribution is -0.140. The maximum atomic E-state index is 11.5. The summed E-state index contributed by atoms with van der Waals surface area (Å²) in [7, 11) is 0. The Hall–Kier alpha value is -2.05. The van der Waals surface area contributed by atoms with Crippen molar-refractivity contribution in [2.75, 3.05) is 0 Å². The Kier molecular flexibility index (Phi) is 6.88. The van der Waals surface area contributed by atoms with Crippen LogP contribution in [0.15, 0.2) is 24.3 Å². The van der Waals surface area contributed by atoms with Crippen molar-refractivity contribution in [1.29, 1.82) is 0 Å². The smallest absolute Gasteiger partial charge is 0.327 e. The molecule has 8 heteroatoms. The highest BCUT2D eigenvalue weighted by atomic mass is 35.5. The fourth-order valence-corrected chi connectivity index (χ4v) is 1.64. The van der Waals surface area contributed by atoms with Crippen molar-refractivity contribution in [3.63, 3.8) is 0 Å². The van der Waals surface area contributed by atoms with Crippen LogP contribution >= 0.6 is 23.2 Å². The maximum absolute atomic E-state index is 11.5. The lowest BCUT2D eigenvalue weighted by atomic mass is 10.2. The fraction of sp³-hybridized carbons (Fsp3) is 0.214. The number of carbonyl (C=O) groups excluding carboxylic acids is 3. The molecule has 0 aromatic heterocycles. The first kappa shape index (κ1) is 18.0. The van der Waals surface area contributed by atoms with Crippen LogP contribution in [-0.2, 0) is 14.4 Å². The van der Waals surface area contributed by atoms with Gasteiger partial charge in [-0.3, -0.25) is 25.2 Å². The summed E-state index contributed by atoms with van der Waals surface area (Å²) in [5, 5.41) is 3.16. The molecule has 22 heavy (non-hydrogen) atoms. The summed E-state index contributed by atoms with van der Waals surface area (Å²) in [6, 6.07) is 4.68. The highest BCUT2D eigenvalue weighted by Crippen LogP contribution is 2.22. The summed E-state index contributed by atoms with van der Waals surface area (Å²) in [5.41, 5.74) is 4.74. The van der Waals surface area contributed by atoms with Crippen molar-refractivity contribution in [1.82, 2.24) is 16.2 Å². The van der Waals surface area contributed by atoms with Crippen molar-refractivity contribution in [2.45, 2.75) is 19.9 Å². The van der Waals surface area contributed by atoms with Crippen molar-refractivity contribution >= 4 is 47.0 Å². The van der Waals surface area contributed by atoms with Crippen molar-refractivity contribution in [2.24, 2.45) is 0 Å². The Bertz CT molecular complexity index is 615. The molecule has 0 aliphatic rings. The Morgan fingerprint density at radius 3 is 2.32 bits per heavy atom. The van der Waals surface area contributed by atoms with E-state index in [1.165, 1.54) is 12.2 Å². The van der Waals surface area contributed by atoms with Crippen LogP contribution in [0.5, 0.6) is 0 Å². The molecule has 1 rings (SSSR count). The molecular weight excluding hydrogens is 329 g/mol. The van der Waals surface area contributed by atoms with Crippen LogP contribution in [0.4, 0.5) is 0 Å². The number of hydrogen-bond acceptors (Lipinski definition) is 3. The first-order chi connectivity index (χ1) is 10.3. The molecule has 118 valence electrons. The number of hydrogen-bond donors (Lipinski definition) is 3. The van der Waals surface area contributed by atoms with E-state index in [2.05, 4.69) is 10.7 Å². The van der Waals surface area contributed by atoms with Gasteiger partial charge in [0, 0.05) is 12.1 Å². The first-order valence-corrected chi connectivity index (χ1v) is 7.09. The summed E-state index contributed by atoms with van der Waals surface area (Å²) in [5.74, 6) is -2.38. The molecule has 0 aliphatic carbocycles. The molecular formula is C14H15Cl2N3O3. The van der Waals surface area contributed by atoms with Crippen LogP contribution in [-0.4, -0.2) is 23.8 Å². The van der Waals surface area contributed by atoms with Gasteiger partial charge in [0.1, 0.15) is 0 Å². The van der Waals surface area contributed by atoms with Crippen LogP contribution in [0.3, 0.4) is 0 Å². The van der Waals surface area contributed by atoms with E-state index >= 15 is 0 Å². The molecule has 0 spiro atoms. The number of amides is 3. The fourth-order valence-electron chi connectivity index (χ4n) is 1.33. The van der Waals surface area contributed by atoms with Gasteiger partial charge < -0.3 is 5.32 Å². The molecule has 0 atom stereocenters. The van der Waals surface area contributed by atoms with Crippen molar-refractivity contribution in [3.8, 4) is 0 Å². The Balaban J connectivity index is 2.49. The largest absolute Gasteiger partial charge is 0.346 e. The maximum Gasteiger partial charge on any atom is 0.327 e. The van der Waals surface area contributed by atoms with Crippen LogP contribution in [0, 0.1) is 0 Å². The van der Waals surface area contributed by atoms with Crippen LogP contribution in [0.1, 0.15) is 19.4 Å². The van der Waals surface area contributed by atoms with E-state index in [1.54, 1.807) is 32.0 Å². The van der Waals surface area contributed by atoms with Gasteiger partial charge in [0.25, 0.3) is 5.91 Å². The molecule has 3 amide bonds. The third-order valence-corrected chi connectivity index (χ3v) is 3.04. The number of benzene rings is 1. The predicted octanol–water partition coefficient (Wildman–Crippen LogP) is 1.68. The van der Waals surface area contributed by atoms with Gasteiger partial charge in [-0.25, -0.2) is 0 Å². The number of halogens is 2. The number of rotatable bonds is 3. The minimum absolute atomic E-state index is 0.177. The summed E-state index contributed by atoms with van der Waals surface area (Å²) in [6.45, 7) is 3.42. The molecule has 0 heterocycles. The summed E-state index contributed by atoms with van der Waals surface area (Å²) >= 11 is 11.6. The second-order valence-corrected chi connectivity index (χ2v) is 5.39. The molecule has 0 aliphatic heterocycles. The van der Waals surface area contributed by atoms with E-state index in [4.69, 9.17) is 23.2 Å². The minimum Gasteiger partial charge on any atom is -0.346 e. The quantitative estimate of drug-likeness (QED) is 0.443. The van der Waals surface area contributed by atoms with Gasteiger partial charge in [-0.2, -0.15) is 0 Å². The molecule has 3 N–H and O–H groups in total. The summed E-state index contributed by atoms with van der Waals surface area (Å²) in [4.78, 5) is 34.2. The van der Waals surface area contributed by atoms with Gasteiger partial charge in [-0.1, -0.05) is 29.3 Å². The zero-order chi connectivity index (χ0) is 16.7. The third-order valence-electron chi connectivity index (χ3n) is 2.30.